The molecule has 0 aliphatic rings. The first-order valence-corrected chi connectivity index (χ1v) is 1.37. The Morgan fingerprint density at radius 1 is 2.00 bits per heavy atom. The van der Waals surface area contributed by atoms with Crippen LogP contribution in [0.25, 0.3) is 0 Å². The summed E-state index contributed by atoms with van der Waals surface area (Å²) in [7, 11) is 1.35. The maximum Gasteiger partial charge on any atom is 0.196 e. The van der Waals surface area contributed by atoms with Gasteiger partial charge in [0.15, 0.2) is 5.76 Å². The monoisotopic (exact) mass is 82.0 g/mol. The van der Waals surface area contributed by atoms with Crippen molar-refractivity contribution in [2.45, 2.75) is 0 Å². The Morgan fingerprint density at radius 2 is 2.50 bits per heavy atom. The van der Waals surface area contributed by atoms with Gasteiger partial charge in [-0.1, -0.05) is 0 Å². The van der Waals surface area contributed by atoms with E-state index in [1.807, 2.05) is 0 Å². The average Bonchev–Trinajstić information content (AvgIpc) is 1.65. The van der Waals surface area contributed by atoms with Gasteiger partial charge in [0, 0.05) is 0 Å². The molecule has 0 aliphatic heterocycles. The lowest BCUT2D eigenvalue weighted by atomic mass is 10.6. The predicted octanol–water partition coefficient (Wildman–Crippen LogP) is 0.473. The summed E-state index contributed by atoms with van der Waals surface area (Å²) >= 11 is 0. The minimum absolute atomic E-state index is 0.102. The fourth-order valence-electron chi connectivity index (χ4n) is 0.0456. The van der Waals surface area contributed by atoms with Crippen molar-refractivity contribution >= 4 is 0 Å². The minimum Gasteiger partial charge on any atom is -0.487 e. The quantitative estimate of drug-likeness (QED) is 0.340. The number of ether oxygens (including phenoxy) is 1. The van der Waals surface area contributed by atoms with Gasteiger partial charge in [-0.2, -0.15) is 5.26 Å². The fourth-order valence-corrected chi connectivity index (χ4v) is 0.0456. The lowest BCUT2D eigenvalue weighted by Gasteiger charge is -1.84. The molecule has 0 heterocycles. The highest BCUT2D eigenvalue weighted by molar-refractivity contribution is 5.04. The molecule has 1 radical (unpaired) electrons. The number of methoxy groups -OCH3 is 1. The van der Waals surface area contributed by atoms with Gasteiger partial charge in [0.2, 0.25) is 0 Å². The molecular weight excluding hydrogens is 78.0 g/mol. The highest BCUT2D eigenvalue weighted by Gasteiger charge is 1.77. The zero-order valence-electron chi connectivity index (χ0n) is 3.43. The third kappa shape index (κ3) is 1.36. The second-order valence-corrected chi connectivity index (χ2v) is 0.680. The van der Waals surface area contributed by atoms with Gasteiger partial charge in [0.05, 0.1) is 7.11 Å². The Morgan fingerprint density at radius 3 is 2.50 bits per heavy atom. The maximum absolute atomic E-state index is 7.80. The first kappa shape index (κ1) is 5.03. The molecule has 0 spiro atoms. The van der Waals surface area contributed by atoms with Crippen molar-refractivity contribution in [3.05, 3.63) is 12.3 Å². The summed E-state index contributed by atoms with van der Waals surface area (Å²) in [5.41, 5.74) is 0. The molecule has 31 valence electrons. The second-order valence-electron chi connectivity index (χ2n) is 0.680. The molecule has 0 saturated carbocycles. The summed E-state index contributed by atoms with van der Waals surface area (Å²) in [6, 6.07) is 1.59. The predicted molar refractivity (Wildman–Crippen MR) is 20.4 cm³/mol. The van der Waals surface area contributed by atoms with E-state index in [0.29, 0.717) is 0 Å². The average molecular weight is 82.1 g/mol. The SMILES string of the molecule is [CH]=C(C#N)OC. The molecule has 0 aromatic heterocycles. The van der Waals surface area contributed by atoms with E-state index in [1.165, 1.54) is 7.11 Å². The van der Waals surface area contributed by atoms with Crippen LogP contribution < -0.4 is 0 Å². The van der Waals surface area contributed by atoms with Gasteiger partial charge in [0.1, 0.15) is 6.07 Å². The summed E-state index contributed by atoms with van der Waals surface area (Å²) in [4.78, 5) is 0. The van der Waals surface area contributed by atoms with Crippen LogP contribution in [-0.2, 0) is 4.74 Å². The summed E-state index contributed by atoms with van der Waals surface area (Å²) in [5, 5.41) is 7.80. The summed E-state index contributed by atoms with van der Waals surface area (Å²) in [6.45, 7) is 4.81. The first-order chi connectivity index (χ1) is 2.81. The van der Waals surface area contributed by atoms with Gasteiger partial charge >= 0.3 is 0 Å². The molecule has 0 aromatic carbocycles. The van der Waals surface area contributed by atoms with Crippen molar-refractivity contribution in [3.8, 4) is 6.07 Å². The Hall–Kier alpha value is -0.970. The number of allylic oxidation sites excluding steroid dienone is 1. The van der Waals surface area contributed by atoms with Crippen LogP contribution in [0.5, 0.6) is 0 Å². The van der Waals surface area contributed by atoms with Crippen molar-refractivity contribution in [2.75, 3.05) is 7.11 Å². The molecular formula is C4H4NO. The summed E-state index contributed by atoms with van der Waals surface area (Å²) < 4.78 is 4.23. The third-order valence-corrected chi connectivity index (χ3v) is 0.330. The number of nitriles is 1. The molecule has 0 aliphatic carbocycles. The van der Waals surface area contributed by atoms with Gasteiger partial charge in [0.25, 0.3) is 0 Å². The van der Waals surface area contributed by atoms with Crippen LogP contribution in [0.3, 0.4) is 0 Å². The molecule has 0 atom stereocenters. The van der Waals surface area contributed by atoms with E-state index >= 15 is 0 Å². The molecule has 2 heteroatoms. The van der Waals surface area contributed by atoms with Gasteiger partial charge < -0.3 is 4.74 Å². The van der Waals surface area contributed by atoms with Crippen molar-refractivity contribution in [2.24, 2.45) is 0 Å². The van der Waals surface area contributed by atoms with E-state index in [4.69, 9.17) is 11.8 Å². The van der Waals surface area contributed by atoms with Crippen LogP contribution in [0, 0.1) is 17.9 Å². The van der Waals surface area contributed by atoms with Crippen molar-refractivity contribution in [1.29, 1.82) is 5.26 Å². The summed E-state index contributed by atoms with van der Waals surface area (Å²) in [6.07, 6.45) is 0. The summed E-state index contributed by atoms with van der Waals surface area (Å²) in [5.74, 6) is -0.102. The third-order valence-electron chi connectivity index (χ3n) is 0.330. The fraction of sp³-hybridized carbons (Fsp3) is 0.250. The molecule has 0 saturated heterocycles. The van der Waals surface area contributed by atoms with Crippen LogP contribution in [-0.4, -0.2) is 7.11 Å². The Kier molecular flexibility index (Phi) is 1.91. The van der Waals surface area contributed by atoms with E-state index in [0.717, 1.165) is 0 Å². The second kappa shape index (κ2) is 2.28. The molecule has 6 heavy (non-hydrogen) atoms. The van der Waals surface area contributed by atoms with Crippen molar-refractivity contribution in [1.82, 2.24) is 0 Å². The van der Waals surface area contributed by atoms with Crippen LogP contribution >= 0.6 is 0 Å². The van der Waals surface area contributed by atoms with Crippen molar-refractivity contribution in [3.63, 3.8) is 0 Å². The molecule has 0 N–H and O–H groups in total. The van der Waals surface area contributed by atoms with E-state index < -0.39 is 0 Å². The Balaban J connectivity index is 3.33. The topological polar surface area (TPSA) is 33.0 Å². The van der Waals surface area contributed by atoms with Crippen LogP contribution in [0.4, 0.5) is 0 Å². The molecule has 0 aromatic rings. The lowest BCUT2D eigenvalue weighted by molar-refractivity contribution is 0.310. The maximum atomic E-state index is 7.80. The molecule has 2 nitrogen and oxygen atoms in total. The van der Waals surface area contributed by atoms with E-state index in [2.05, 4.69) is 4.74 Å². The van der Waals surface area contributed by atoms with E-state index in [-0.39, 0.29) is 5.76 Å². The number of hydrogen-bond donors (Lipinski definition) is 0. The molecule has 0 rings (SSSR count). The Labute approximate surface area is 36.7 Å². The van der Waals surface area contributed by atoms with E-state index in [9.17, 15) is 0 Å². The van der Waals surface area contributed by atoms with Gasteiger partial charge in [-0.25, -0.2) is 0 Å². The number of rotatable bonds is 1. The van der Waals surface area contributed by atoms with E-state index in [1.54, 1.807) is 6.07 Å². The normalized spacial score (nSPS) is 6.00. The smallest absolute Gasteiger partial charge is 0.196 e. The largest absolute Gasteiger partial charge is 0.487 e. The van der Waals surface area contributed by atoms with Crippen LogP contribution in [0.2, 0.25) is 0 Å². The lowest BCUT2D eigenvalue weighted by Crippen LogP contribution is -1.74. The van der Waals surface area contributed by atoms with Crippen molar-refractivity contribution < 1.29 is 4.74 Å². The standard InChI is InChI=1S/C4H4NO/c1-4(3-5)6-2/h1H,2H3. The molecule has 0 fully saturated rings. The van der Waals surface area contributed by atoms with Gasteiger partial charge in [-0.05, 0) is 6.58 Å². The zero-order valence-corrected chi connectivity index (χ0v) is 3.43. The molecule has 0 amide bonds. The molecule has 0 unspecified atom stereocenters. The van der Waals surface area contributed by atoms with Gasteiger partial charge in [-0.15, -0.1) is 0 Å². The zero-order chi connectivity index (χ0) is 4.99. The number of nitrogens with zero attached hydrogens (tertiary/aromatic N) is 1. The highest BCUT2D eigenvalue weighted by Crippen LogP contribution is 1.80. The Bertz CT molecular complexity index is 90.2. The minimum atomic E-state index is -0.102. The first-order valence-electron chi connectivity index (χ1n) is 1.37. The van der Waals surface area contributed by atoms with Crippen LogP contribution in [0.15, 0.2) is 5.76 Å². The molecule has 0 bridgehead atoms. The van der Waals surface area contributed by atoms with Crippen LogP contribution in [0.1, 0.15) is 0 Å². The number of hydrogen-bond acceptors (Lipinski definition) is 2. The highest BCUT2D eigenvalue weighted by atomic mass is 16.5. The van der Waals surface area contributed by atoms with Gasteiger partial charge in [-0.3, -0.25) is 0 Å².